The molecule has 2 aromatic carbocycles. The number of benzene rings is 2. The highest BCUT2D eigenvalue weighted by Crippen LogP contribution is 2.17. The summed E-state index contributed by atoms with van der Waals surface area (Å²) in [5.41, 5.74) is 2.04. The van der Waals surface area contributed by atoms with Crippen LogP contribution in [0.5, 0.6) is 5.75 Å². The molecule has 3 aromatic rings. The van der Waals surface area contributed by atoms with Gasteiger partial charge in [0.2, 0.25) is 5.95 Å². The number of nitrogens with one attached hydrogen (secondary N) is 2. The number of hydrogen-bond donors (Lipinski definition) is 2. The molecule has 0 atom stereocenters. The van der Waals surface area contributed by atoms with Crippen molar-refractivity contribution in [2.45, 2.75) is 6.92 Å². The molecule has 134 valence electrons. The van der Waals surface area contributed by atoms with Crippen molar-refractivity contribution in [1.29, 1.82) is 5.26 Å². The summed E-state index contributed by atoms with van der Waals surface area (Å²) in [6.45, 7) is 2.49. The summed E-state index contributed by atoms with van der Waals surface area (Å²) in [4.78, 5) is 20.8. The first-order valence-corrected chi connectivity index (χ1v) is 8.32. The molecule has 0 fully saturated rings. The van der Waals surface area contributed by atoms with Gasteiger partial charge in [0.15, 0.2) is 0 Å². The largest absolute Gasteiger partial charge is 0.494 e. The summed E-state index contributed by atoms with van der Waals surface area (Å²) in [7, 11) is 0. The summed E-state index contributed by atoms with van der Waals surface area (Å²) >= 11 is 0. The van der Waals surface area contributed by atoms with E-state index >= 15 is 0 Å². The van der Waals surface area contributed by atoms with Crippen molar-refractivity contribution in [2.24, 2.45) is 0 Å². The van der Waals surface area contributed by atoms with Crippen LogP contribution in [0.1, 0.15) is 23.0 Å². The fourth-order valence-corrected chi connectivity index (χ4v) is 2.34. The highest BCUT2D eigenvalue weighted by atomic mass is 16.5. The van der Waals surface area contributed by atoms with Crippen LogP contribution in [-0.4, -0.2) is 22.5 Å². The number of anilines is 3. The van der Waals surface area contributed by atoms with Gasteiger partial charge in [-0.1, -0.05) is 6.07 Å². The zero-order valence-corrected chi connectivity index (χ0v) is 14.6. The third kappa shape index (κ3) is 4.80. The second-order valence-electron chi connectivity index (χ2n) is 5.49. The summed E-state index contributed by atoms with van der Waals surface area (Å²) in [6, 6.07) is 17.6. The maximum Gasteiger partial charge on any atom is 0.274 e. The van der Waals surface area contributed by atoms with E-state index < -0.39 is 0 Å². The summed E-state index contributed by atoms with van der Waals surface area (Å²) in [5.74, 6) is 0.656. The lowest BCUT2D eigenvalue weighted by molar-refractivity contribution is 0.102. The van der Waals surface area contributed by atoms with Crippen LogP contribution in [0.15, 0.2) is 60.8 Å². The van der Waals surface area contributed by atoms with Crippen LogP contribution in [0.4, 0.5) is 17.3 Å². The minimum absolute atomic E-state index is 0.220. The number of nitriles is 1. The van der Waals surface area contributed by atoms with E-state index in [9.17, 15) is 4.79 Å². The molecule has 0 bridgehead atoms. The zero-order valence-electron chi connectivity index (χ0n) is 14.6. The van der Waals surface area contributed by atoms with Crippen molar-refractivity contribution in [1.82, 2.24) is 9.97 Å². The number of carbonyl (C=O) groups excluding carboxylic acids is 1. The molecular formula is C20H17N5O2. The molecule has 0 saturated carbocycles. The number of aromatic nitrogens is 2. The Kier molecular flexibility index (Phi) is 5.60. The van der Waals surface area contributed by atoms with Crippen molar-refractivity contribution < 1.29 is 9.53 Å². The maximum absolute atomic E-state index is 12.4. The number of rotatable bonds is 6. The van der Waals surface area contributed by atoms with E-state index in [-0.39, 0.29) is 17.5 Å². The second-order valence-corrected chi connectivity index (χ2v) is 5.49. The minimum Gasteiger partial charge on any atom is -0.494 e. The monoisotopic (exact) mass is 359 g/mol. The zero-order chi connectivity index (χ0) is 19.1. The Morgan fingerprint density at radius 1 is 1.15 bits per heavy atom. The number of amides is 1. The van der Waals surface area contributed by atoms with Gasteiger partial charge in [0.25, 0.3) is 5.91 Å². The Morgan fingerprint density at radius 3 is 2.70 bits per heavy atom. The van der Waals surface area contributed by atoms with Crippen molar-refractivity contribution in [3.8, 4) is 11.8 Å². The van der Waals surface area contributed by atoms with Gasteiger partial charge in [0.05, 0.1) is 18.2 Å². The van der Waals surface area contributed by atoms with Crippen molar-refractivity contribution in [3.63, 3.8) is 0 Å². The third-order valence-corrected chi connectivity index (χ3v) is 3.56. The average molecular weight is 359 g/mol. The van der Waals surface area contributed by atoms with Gasteiger partial charge < -0.3 is 15.4 Å². The first kappa shape index (κ1) is 17.9. The topological polar surface area (TPSA) is 99.9 Å². The molecule has 7 nitrogen and oxygen atoms in total. The van der Waals surface area contributed by atoms with Gasteiger partial charge >= 0.3 is 0 Å². The van der Waals surface area contributed by atoms with Gasteiger partial charge in [-0.3, -0.25) is 4.79 Å². The lowest BCUT2D eigenvalue weighted by atomic mass is 10.2. The molecule has 0 saturated heterocycles. The van der Waals surface area contributed by atoms with Gasteiger partial charge in [-0.25, -0.2) is 9.97 Å². The van der Waals surface area contributed by atoms with E-state index in [0.29, 0.717) is 23.5 Å². The van der Waals surface area contributed by atoms with Crippen LogP contribution >= 0.6 is 0 Å². The molecule has 27 heavy (non-hydrogen) atoms. The molecular weight excluding hydrogens is 342 g/mol. The Labute approximate surface area is 156 Å². The lowest BCUT2D eigenvalue weighted by Gasteiger charge is -2.08. The first-order valence-electron chi connectivity index (χ1n) is 8.32. The molecule has 2 N–H and O–H groups in total. The Hall–Kier alpha value is -3.92. The molecule has 1 amide bonds. The van der Waals surface area contributed by atoms with E-state index in [1.807, 2.05) is 6.92 Å². The molecule has 1 heterocycles. The predicted molar refractivity (Wildman–Crippen MR) is 102 cm³/mol. The quantitative estimate of drug-likeness (QED) is 0.695. The molecule has 0 aliphatic carbocycles. The van der Waals surface area contributed by atoms with Gasteiger partial charge in [-0.2, -0.15) is 5.26 Å². The number of nitrogens with zero attached hydrogens (tertiary/aromatic N) is 3. The normalized spacial score (nSPS) is 9.93. The summed E-state index contributed by atoms with van der Waals surface area (Å²) in [6.07, 6.45) is 1.50. The van der Waals surface area contributed by atoms with Crippen LogP contribution in [0.25, 0.3) is 0 Å². The molecule has 0 aliphatic heterocycles. The second kappa shape index (κ2) is 8.45. The molecule has 0 aliphatic rings. The van der Waals surface area contributed by atoms with Crippen LogP contribution in [0.2, 0.25) is 0 Å². The van der Waals surface area contributed by atoms with Crippen LogP contribution < -0.4 is 15.4 Å². The fourth-order valence-electron chi connectivity index (χ4n) is 2.34. The fraction of sp³-hybridized carbons (Fsp3) is 0.100. The van der Waals surface area contributed by atoms with E-state index in [2.05, 4.69) is 26.7 Å². The van der Waals surface area contributed by atoms with Crippen molar-refractivity contribution >= 4 is 23.2 Å². The van der Waals surface area contributed by atoms with Crippen molar-refractivity contribution in [2.75, 3.05) is 17.2 Å². The lowest BCUT2D eigenvalue weighted by Crippen LogP contribution is -2.14. The first-order chi connectivity index (χ1) is 13.2. The average Bonchev–Trinajstić information content (AvgIpc) is 2.70. The van der Waals surface area contributed by atoms with Crippen LogP contribution in [0, 0.1) is 11.3 Å². The van der Waals surface area contributed by atoms with E-state index in [4.69, 9.17) is 10.00 Å². The highest BCUT2D eigenvalue weighted by Gasteiger charge is 2.10. The number of hydrogen-bond acceptors (Lipinski definition) is 6. The Bertz CT molecular complexity index is 980. The molecule has 3 rings (SSSR count). The summed E-state index contributed by atoms with van der Waals surface area (Å²) < 4.78 is 5.38. The van der Waals surface area contributed by atoms with Gasteiger partial charge in [0.1, 0.15) is 11.4 Å². The molecule has 0 spiro atoms. The van der Waals surface area contributed by atoms with Gasteiger partial charge in [0, 0.05) is 17.6 Å². The summed E-state index contributed by atoms with van der Waals surface area (Å²) in [5, 5.41) is 14.7. The third-order valence-electron chi connectivity index (χ3n) is 3.56. The molecule has 0 unspecified atom stereocenters. The molecule has 0 radical (unpaired) electrons. The highest BCUT2D eigenvalue weighted by molar-refractivity contribution is 6.03. The minimum atomic E-state index is -0.351. The van der Waals surface area contributed by atoms with E-state index in [1.165, 1.54) is 12.3 Å². The predicted octanol–water partition coefficient (Wildman–Crippen LogP) is 3.74. The number of ether oxygens (including phenoxy) is 1. The van der Waals surface area contributed by atoms with Crippen molar-refractivity contribution in [3.05, 3.63) is 72.1 Å². The van der Waals surface area contributed by atoms with Crippen LogP contribution in [-0.2, 0) is 0 Å². The SMILES string of the molecule is CCOc1ccc(NC(=O)c2ccnc(Nc3cccc(C#N)c3)n2)cc1. The smallest absolute Gasteiger partial charge is 0.274 e. The van der Waals surface area contributed by atoms with Gasteiger partial charge in [-0.05, 0) is 55.5 Å². The number of carbonyl (C=O) groups is 1. The standard InChI is InChI=1S/C20H17N5O2/c1-2-27-17-8-6-15(7-9-17)23-19(26)18-10-11-22-20(25-18)24-16-5-3-4-14(12-16)13-21/h3-12H,2H2,1H3,(H,23,26)(H,22,24,25). The maximum atomic E-state index is 12.4. The Morgan fingerprint density at radius 2 is 1.96 bits per heavy atom. The van der Waals surface area contributed by atoms with E-state index in [0.717, 1.165) is 5.75 Å². The molecule has 7 heteroatoms. The Balaban J connectivity index is 1.70. The molecule has 1 aromatic heterocycles. The van der Waals surface area contributed by atoms with E-state index in [1.54, 1.807) is 48.5 Å². The van der Waals surface area contributed by atoms with Gasteiger partial charge in [-0.15, -0.1) is 0 Å². The van der Waals surface area contributed by atoms with Crippen LogP contribution in [0.3, 0.4) is 0 Å².